The summed E-state index contributed by atoms with van der Waals surface area (Å²) < 4.78 is 0. The molecule has 0 unspecified atom stereocenters. The number of rotatable bonds is 5. The third kappa shape index (κ3) is 4.17. The second-order valence-corrected chi connectivity index (χ2v) is 7.74. The molecular formula is C16H23N3O3S. The Kier molecular flexibility index (Phi) is 4.91. The topological polar surface area (TPSA) is 86.3 Å². The Labute approximate surface area is 139 Å². The van der Waals surface area contributed by atoms with Crippen molar-refractivity contribution in [3.8, 4) is 0 Å². The van der Waals surface area contributed by atoms with E-state index >= 15 is 0 Å². The predicted octanol–water partition coefficient (Wildman–Crippen LogP) is 1.76. The van der Waals surface area contributed by atoms with Gasteiger partial charge in [-0.2, -0.15) is 0 Å². The van der Waals surface area contributed by atoms with Crippen molar-refractivity contribution in [2.75, 3.05) is 13.6 Å². The molecule has 23 heavy (non-hydrogen) atoms. The number of aromatic amines is 1. The lowest BCUT2D eigenvalue weighted by Crippen LogP contribution is -2.39. The van der Waals surface area contributed by atoms with Crippen LogP contribution in [0.5, 0.6) is 0 Å². The van der Waals surface area contributed by atoms with Crippen LogP contribution < -0.4 is 5.56 Å². The molecule has 2 aromatic rings. The first-order chi connectivity index (χ1) is 10.6. The zero-order valence-electron chi connectivity index (χ0n) is 14.2. The lowest BCUT2D eigenvalue weighted by atomic mass is 10.1. The SMILES string of the molecule is Cc1sc2nc(CCC(=O)N(C)CC(C)(C)O)[nH]c(=O)c2c1C. The predicted molar refractivity (Wildman–Crippen MR) is 92.0 cm³/mol. The van der Waals surface area contributed by atoms with Crippen LogP contribution in [0, 0.1) is 13.8 Å². The summed E-state index contributed by atoms with van der Waals surface area (Å²) in [5.74, 6) is 0.433. The fraction of sp³-hybridized carbons (Fsp3) is 0.562. The average molecular weight is 337 g/mol. The van der Waals surface area contributed by atoms with Gasteiger partial charge in [0.1, 0.15) is 10.7 Å². The standard InChI is InChI=1S/C16H23N3O3S/c1-9-10(2)23-15-13(9)14(21)17-11(18-15)6-7-12(20)19(5)8-16(3,4)22/h22H,6-8H2,1-5H3,(H,17,18,21). The van der Waals surface area contributed by atoms with Crippen LogP contribution in [0.3, 0.4) is 0 Å². The minimum Gasteiger partial charge on any atom is -0.389 e. The van der Waals surface area contributed by atoms with Gasteiger partial charge >= 0.3 is 0 Å². The number of hydrogen-bond acceptors (Lipinski definition) is 5. The Morgan fingerprint density at radius 3 is 2.65 bits per heavy atom. The molecule has 0 radical (unpaired) electrons. The monoisotopic (exact) mass is 337 g/mol. The summed E-state index contributed by atoms with van der Waals surface area (Å²) in [6.45, 7) is 7.46. The van der Waals surface area contributed by atoms with Crippen molar-refractivity contribution < 1.29 is 9.90 Å². The Balaban J connectivity index is 2.11. The van der Waals surface area contributed by atoms with E-state index in [1.54, 1.807) is 20.9 Å². The number of fused-ring (bicyclic) bond motifs is 1. The van der Waals surface area contributed by atoms with E-state index in [9.17, 15) is 14.7 Å². The molecule has 2 rings (SSSR count). The van der Waals surface area contributed by atoms with E-state index in [1.807, 2.05) is 13.8 Å². The molecule has 2 aromatic heterocycles. The highest BCUT2D eigenvalue weighted by atomic mass is 32.1. The van der Waals surface area contributed by atoms with Crippen molar-refractivity contribution >= 4 is 27.5 Å². The molecule has 0 atom stereocenters. The minimum atomic E-state index is -0.929. The summed E-state index contributed by atoms with van der Waals surface area (Å²) in [5, 5.41) is 10.4. The average Bonchev–Trinajstić information content (AvgIpc) is 2.69. The van der Waals surface area contributed by atoms with Crippen LogP contribution in [0.1, 0.15) is 36.5 Å². The lowest BCUT2D eigenvalue weighted by molar-refractivity contribution is -0.132. The van der Waals surface area contributed by atoms with Crippen molar-refractivity contribution in [3.05, 3.63) is 26.6 Å². The number of nitrogens with zero attached hydrogens (tertiary/aromatic N) is 2. The molecular weight excluding hydrogens is 314 g/mol. The van der Waals surface area contributed by atoms with Gasteiger partial charge in [-0.25, -0.2) is 4.98 Å². The van der Waals surface area contributed by atoms with E-state index in [4.69, 9.17) is 0 Å². The second-order valence-electron chi connectivity index (χ2n) is 6.54. The van der Waals surface area contributed by atoms with Gasteiger partial charge in [0, 0.05) is 31.3 Å². The Bertz CT molecular complexity index is 786. The molecule has 126 valence electrons. The number of aromatic nitrogens is 2. The zero-order chi connectivity index (χ0) is 17.4. The molecule has 0 aromatic carbocycles. The maximum Gasteiger partial charge on any atom is 0.259 e. The number of aryl methyl sites for hydroxylation is 3. The molecule has 0 saturated carbocycles. The maximum atomic E-state index is 12.2. The highest BCUT2D eigenvalue weighted by molar-refractivity contribution is 7.18. The third-order valence-corrected chi connectivity index (χ3v) is 4.81. The lowest BCUT2D eigenvalue weighted by Gasteiger charge is -2.25. The Hall–Kier alpha value is -1.73. The third-order valence-electron chi connectivity index (χ3n) is 3.71. The zero-order valence-corrected chi connectivity index (χ0v) is 15.0. The number of amides is 1. The molecule has 0 saturated heterocycles. The first kappa shape index (κ1) is 17.6. The normalized spacial score (nSPS) is 11.9. The number of carbonyl (C=O) groups excluding carboxylic acids is 1. The van der Waals surface area contributed by atoms with Gasteiger partial charge in [0.2, 0.25) is 5.91 Å². The summed E-state index contributed by atoms with van der Waals surface area (Å²) in [5.41, 5.74) is -0.113. The summed E-state index contributed by atoms with van der Waals surface area (Å²) >= 11 is 1.50. The fourth-order valence-electron chi connectivity index (χ4n) is 2.50. The molecule has 0 spiro atoms. The van der Waals surface area contributed by atoms with Crippen LogP contribution in [0.15, 0.2) is 4.79 Å². The molecule has 2 N–H and O–H groups in total. The van der Waals surface area contributed by atoms with Crippen LogP contribution in [0.4, 0.5) is 0 Å². The second kappa shape index (κ2) is 6.41. The highest BCUT2D eigenvalue weighted by Gasteiger charge is 2.19. The van der Waals surface area contributed by atoms with Crippen molar-refractivity contribution in [1.29, 1.82) is 0 Å². The summed E-state index contributed by atoms with van der Waals surface area (Å²) in [7, 11) is 1.66. The van der Waals surface area contributed by atoms with Crippen LogP contribution >= 0.6 is 11.3 Å². The highest BCUT2D eigenvalue weighted by Crippen LogP contribution is 2.25. The van der Waals surface area contributed by atoms with Crippen molar-refractivity contribution in [2.24, 2.45) is 0 Å². The van der Waals surface area contributed by atoms with E-state index in [2.05, 4.69) is 9.97 Å². The molecule has 7 heteroatoms. The van der Waals surface area contributed by atoms with Gasteiger partial charge in [-0.05, 0) is 33.3 Å². The molecule has 0 bridgehead atoms. The molecule has 0 aliphatic rings. The van der Waals surface area contributed by atoms with Gasteiger partial charge in [-0.15, -0.1) is 11.3 Å². The Morgan fingerprint density at radius 1 is 1.39 bits per heavy atom. The number of likely N-dealkylation sites (N-methyl/N-ethyl adjacent to an activating group) is 1. The quantitative estimate of drug-likeness (QED) is 0.870. The molecule has 2 heterocycles. The van der Waals surface area contributed by atoms with Crippen LogP contribution in [-0.2, 0) is 11.2 Å². The number of aliphatic hydroxyl groups is 1. The van der Waals surface area contributed by atoms with E-state index < -0.39 is 5.60 Å². The van der Waals surface area contributed by atoms with Gasteiger partial charge in [0.25, 0.3) is 5.56 Å². The summed E-state index contributed by atoms with van der Waals surface area (Å²) in [6, 6.07) is 0. The summed E-state index contributed by atoms with van der Waals surface area (Å²) in [6.07, 6.45) is 0.612. The van der Waals surface area contributed by atoms with E-state index in [1.165, 1.54) is 16.2 Å². The summed E-state index contributed by atoms with van der Waals surface area (Å²) in [4.78, 5) is 34.8. The van der Waals surface area contributed by atoms with Crippen LogP contribution in [0.2, 0.25) is 0 Å². The van der Waals surface area contributed by atoms with E-state index in [0.717, 1.165) is 15.3 Å². The van der Waals surface area contributed by atoms with E-state index in [0.29, 0.717) is 17.6 Å². The van der Waals surface area contributed by atoms with Gasteiger partial charge in [0.15, 0.2) is 0 Å². The first-order valence-corrected chi connectivity index (χ1v) is 8.35. The smallest absolute Gasteiger partial charge is 0.259 e. The maximum absolute atomic E-state index is 12.2. The van der Waals surface area contributed by atoms with Gasteiger partial charge in [-0.3, -0.25) is 9.59 Å². The molecule has 1 amide bonds. The number of thiophene rings is 1. The van der Waals surface area contributed by atoms with Crippen LogP contribution in [-0.4, -0.2) is 45.1 Å². The van der Waals surface area contributed by atoms with Crippen molar-refractivity contribution in [1.82, 2.24) is 14.9 Å². The van der Waals surface area contributed by atoms with E-state index in [-0.39, 0.29) is 24.4 Å². The largest absolute Gasteiger partial charge is 0.389 e. The Morgan fingerprint density at radius 2 is 2.04 bits per heavy atom. The molecule has 6 nitrogen and oxygen atoms in total. The fourth-order valence-corrected chi connectivity index (χ4v) is 3.55. The molecule has 0 aliphatic heterocycles. The van der Waals surface area contributed by atoms with Gasteiger partial charge in [-0.1, -0.05) is 0 Å². The van der Waals surface area contributed by atoms with Gasteiger partial charge < -0.3 is 15.0 Å². The van der Waals surface area contributed by atoms with Crippen molar-refractivity contribution in [3.63, 3.8) is 0 Å². The molecule has 0 aliphatic carbocycles. The van der Waals surface area contributed by atoms with Crippen molar-refractivity contribution in [2.45, 2.75) is 46.1 Å². The number of nitrogens with one attached hydrogen (secondary N) is 1. The first-order valence-electron chi connectivity index (χ1n) is 7.54. The molecule has 0 fully saturated rings. The number of carbonyl (C=O) groups is 1. The number of H-pyrrole nitrogens is 1. The number of hydrogen-bond donors (Lipinski definition) is 2. The minimum absolute atomic E-state index is 0.0894. The van der Waals surface area contributed by atoms with Gasteiger partial charge in [0.05, 0.1) is 11.0 Å². The van der Waals surface area contributed by atoms with Crippen LogP contribution in [0.25, 0.3) is 10.2 Å².